The number of hydrogen-bond donors (Lipinski definition) is 0. The van der Waals surface area contributed by atoms with Gasteiger partial charge in [0.1, 0.15) is 0 Å². The van der Waals surface area contributed by atoms with Crippen LogP contribution in [-0.2, 0) is 19.4 Å². The van der Waals surface area contributed by atoms with Crippen LogP contribution in [-0.4, -0.2) is 15.0 Å². The summed E-state index contributed by atoms with van der Waals surface area (Å²) < 4.78 is 1.52. The van der Waals surface area contributed by atoms with Crippen molar-refractivity contribution in [3.8, 4) is 0 Å². The van der Waals surface area contributed by atoms with E-state index in [9.17, 15) is 4.79 Å². The first-order valence-corrected chi connectivity index (χ1v) is 5.78. The fourth-order valence-electron chi connectivity index (χ4n) is 1.99. The maximum absolute atomic E-state index is 12.0. The number of aromatic nitrogens is 3. The number of hydrogen-bond acceptors (Lipinski definition) is 3. The summed E-state index contributed by atoms with van der Waals surface area (Å²) in [6.45, 7) is 2.81. The fourth-order valence-corrected chi connectivity index (χ4v) is 1.99. The zero-order valence-electron chi connectivity index (χ0n) is 9.20. The van der Waals surface area contributed by atoms with Crippen molar-refractivity contribution in [1.82, 2.24) is 15.0 Å². The second-order valence-electron chi connectivity index (χ2n) is 4.10. The average Bonchev–Trinajstić information content (AvgIpc) is 2.29. The highest BCUT2D eigenvalue weighted by atomic mass is 16.1. The lowest BCUT2D eigenvalue weighted by atomic mass is 9.98. The van der Waals surface area contributed by atoms with E-state index in [2.05, 4.69) is 17.2 Å². The normalized spacial score (nSPS) is 15.0. The molecule has 0 spiro atoms. The minimum absolute atomic E-state index is 0.0909. The van der Waals surface area contributed by atoms with Crippen LogP contribution >= 0.6 is 0 Å². The Hall–Kier alpha value is -1.19. The van der Waals surface area contributed by atoms with Crippen molar-refractivity contribution in [2.24, 2.45) is 0 Å². The molecule has 0 radical (unpaired) electrons. The van der Waals surface area contributed by atoms with Gasteiger partial charge in [-0.25, -0.2) is 4.68 Å². The molecule has 0 N–H and O–H groups in total. The molecule has 82 valence electrons. The largest absolute Gasteiger partial charge is 0.273 e. The van der Waals surface area contributed by atoms with Crippen molar-refractivity contribution in [2.75, 3.05) is 0 Å². The third kappa shape index (κ3) is 2.08. The van der Waals surface area contributed by atoms with Gasteiger partial charge in [0.25, 0.3) is 5.56 Å². The first-order valence-electron chi connectivity index (χ1n) is 5.78. The van der Waals surface area contributed by atoms with Gasteiger partial charge in [-0.15, -0.1) is 5.10 Å². The summed E-state index contributed by atoms with van der Waals surface area (Å²) in [5, 5.41) is 8.13. The highest BCUT2D eigenvalue weighted by molar-refractivity contribution is 5.18. The van der Waals surface area contributed by atoms with Crippen LogP contribution in [0.1, 0.15) is 43.9 Å². The maximum Gasteiger partial charge on any atom is 0.273 e. The minimum Gasteiger partial charge on any atom is -0.267 e. The first kappa shape index (κ1) is 10.3. The summed E-state index contributed by atoms with van der Waals surface area (Å²) in [5.41, 5.74) is 1.93. The summed E-state index contributed by atoms with van der Waals surface area (Å²) in [6, 6.07) is 0. The molecule has 0 aliphatic heterocycles. The summed E-state index contributed by atoms with van der Waals surface area (Å²) in [4.78, 5) is 12.0. The van der Waals surface area contributed by atoms with Gasteiger partial charge in [-0.1, -0.05) is 18.6 Å². The monoisotopic (exact) mass is 207 g/mol. The van der Waals surface area contributed by atoms with E-state index in [0.29, 0.717) is 6.54 Å². The van der Waals surface area contributed by atoms with Crippen LogP contribution in [0.15, 0.2) is 4.79 Å². The smallest absolute Gasteiger partial charge is 0.267 e. The lowest BCUT2D eigenvalue weighted by Gasteiger charge is -2.14. The molecule has 0 saturated carbocycles. The molecule has 1 heterocycles. The lowest BCUT2D eigenvalue weighted by Crippen LogP contribution is -2.31. The second kappa shape index (κ2) is 4.55. The van der Waals surface area contributed by atoms with Crippen LogP contribution in [0.3, 0.4) is 0 Å². The first-order chi connectivity index (χ1) is 7.33. The van der Waals surface area contributed by atoms with Gasteiger partial charge in [-0.05, 0) is 32.1 Å². The molecule has 1 aliphatic rings. The van der Waals surface area contributed by atoms with Crippen LogP contribution in [0.5, 0.6) is 0 Å². The molecule has 1 aromatic heterocycles. The van der Waals surface area contributed by atoms with E-state index in [1.807, 2.05) is 0 Å². The van der Waals surface area contributed by atoms with Crippen molar-refractivity contribution in [3.05, 3.63) is 21.6 Å². The molecule has 1 aliphatic carbocycles. The quantitative estimate of drug-likeness (QED) is 0.751. The van der Waals surface area contributed by atoms with Gasteiger partial charge >= 0.3 is 0 Å². The van der Waals surface area contributed by atoms with Gasteiger partial charge in [0.2, 0.25) is 0 Å². The zero-order valence-corrected chi connectivity index (χ0v) is 9.20. The van der Waals surface area contributed by atoms with Crippen LogP contribution in [0.25, 0.3) is 0 Å². The van der Waals surface area contributed by atoms with Crippen LogP contribution in [0.2, 0.25) is 0 Å². The van der Waals surface area contributed by atoms with Gasteiger partial charge in [0.05, 0.1) is 5.69 Å². The van der Waals surface area contributed by atoms with Crippen LogP contribution in [0.4, 0.5) is 0 Å². The summed E-state index contributed by atoms with van der Waals surface area (Å²) >= 11 is 0. The number of aryl methyl sites for hydroxylation is 2. The van der Waals surface area contributed by atoms with Crippen LogP contribution < -0.4 is 5.56 Å². The Bertz CT molecular complexity index is 397. The van der Waals surface area contributed by atoms with Crippen molar-refractivity contribution in [2.45, 2.75) is 52.0 Å². The SMILES string of the molecule is CCCCn1nnc2c(c1=O)CCCC2. The number of nitrogens with zero attached hydrogens (tertiary/aromatic N) is 3. The summed E-state index contributed by atoms with van der Waals surface area (Å²) in [7, 11) is 0. The fraction of sp³-hybridized carbons (Fsp3) is 0.727. The lowest BCUT2D eigenvalue weighted by molar-refractivity contribution is 0.487. The predicted octanol–water partition coefficient (Wildman–Crippen LogP) is 1.32. The minimum atomic E-state index is 0.0909. The number of fused-ring (bicyclic) bond motifs is 1. The van der Waals surface area contributed by atoms with Gasteiger partial charge < -0.3 is 0 Å². The Labute approximate surface area is 89.3 Å². The molecule has 15 heavy (non-hydrogen) atoms. The van der Waals surface area contributed by atoms with E-state index in [0.717, 1.165) is 49.8 Å². The molecule has 0 bridgehead atoms. The molecule has 0 aromatic carbocycles. The van der Waals surface area contributed by atoms with E-state index in [-0.39, 0.29) is 5.56 Å². The van der Waals surface area contributed by atoms with E-state index in [1.54, 1.807) is 0 Å². The summed E-state index contributed by atoms with van der Waals surface area (Å²) in [6.07, 6.45) is 6.13. The van der Waals surface area contributed by atoms with Crippen molar-refractivity contribution in [3.63, 3.8) is 0 Å². The molecule has 0 unspecified atom stereocenters. The highest BCUT2D eigenvalue weighted by Gasteiger charge is 2.16. The Balaban J connectivity index is 2.30. The summed E-state index contributed by atoms with van der Waals surface area (Å²) in [5.74, 6) is 0. The third-order valence-electron chi connectivity index (χ3n) is 2.93. The molecule has 4 nitrogen and oxygen atoms in total. The molecular weight excluding hydrogens is 190 g/mol. The molecule has 0 saturated heterocycles. The molecule has 0 amide bonds. The molecule has 1 aromatic rings. The Morgan fingerprint density at radius 3 is 2.93 bits per heavy atom. The van der Waals surface area contributed by atoms with Gasteiger partial charge in [0, 0.05) is 12.1 Å². The molecule has 2 rings (SSSR count). The van der Waals surface area contributed by atoms with Gasteiger partial charge in [0.15, 0.2) is 0 Å². The highest BCUT2D eigenvalue weighted by Crippen LogP contribution is 2.14. The predicted molar refractivity (Wildman–Crippen MR) is 57.8 cm³/mol. The van der Waals surface area contributed by atoms with Crippen molar-refractivity contribution >= 4 is 0 Å². The van der Waals surface area contributed by atoms with Crippen molar-refractivity contribution in [1.29, 1.82) is 0 Å². The maximum atomic E-state index is 12.0. The molecule has 0 fully saturated rings. The third-order valence-corrected chi connectivity index (χ3v) is 2.93. The number of rotatable bonds is 3. The topological polar surface area (TPSA) is 47.8 Å². The van der Waals surface area contributed by atoms with E-state index in [4.69, 9.17) is 0 Å². The standard InChI is InChI=1S/C11H17N3O/c1-2-3-8-14-11(15)9-6-4-5-7-10(9)12-13-14/h2-8H2,1H3. The average molecular weight is 207 g/mol. The molecular formula is C11H17N3O. The Kier molecular flexibility index (Phi) is 3.14. The van der Waals surface area contributed by atoms with Gasteiger partial charge in [-0.3, -0.25) is 4.79 Å². The van der Waals surface area contributed by atoms with Crippen LogP contribution in [0, 0.1) is 0 Å². The van der Waals surface area contributed by atoms with Gasteiger partial charge in [-0.2, -0.15) is 0 Å². The van der Waals surface area contributed by atoms with Crippen molar-refractivity contribution < 1.29 is 0 Å². The van der Waals surface area contributed by atoms with E-state index < -0.39 is 0 Å². The second-order valence-corrected chi connectivity index (χ2v) is 4.10. The van der Waals surface area contributed by atoms with E-state index in [1.165, 1.54) is 4.68 Å². The molecule has 0 atom stereocenters. The zero-order chi connectivity index (χ0) is 10.7. The Morgan fingerprint density at radius 2 is 2.13 bits per heavy atom. The van der Waals surface area contributed by atoms with E-state index >= 15 is 0 Å². The Morgan fingerprint density at radius 1 is 1.33 bits per heavy atom. The number of unbranched alkanes of at least 4 members (excludes halogenated alkanes) is 1. The molecule has 4 heteroatoms.